The van der Waals surface area contributed by atoms with Gasteiger partial charge in [-0.3, -0.25) is 14.9 Å². The number of amides is 2. The smallest absolute Gasteiger partial charge is 0.252 e. The molecular formula is C13H21NO2. The van der Waals surface area contributed by atoms with E-state index in [2.05, 4.69) is 11.9 Å². The Kier molecular flexibility index (Phi) is 5.23. The maximum atomic E-state index is 11.8. The van der Waals surface area contributed by atoms with Crippen molar-refractivity contribution >= 4 is 11.8 Å². The predicted molar refractivity (Wildman–Crippen MR) is 63.8 cm³/mol. The molecule has 1 saturated carbocycles. The third-order valence-corrected chi connectivity index (χ3v) is 3.10. The normalized spacial score (nSPS) is 18.3. The maximum Gasteiger partial charge on any atom is 0.252 e. The van der Waals surface area contributed by atoms with Crippen molar-refractivity contribution in [3.05, 3.63) is 12.2 Å². The summed E-state index contributed by atoms with van der Waals surface area (Å²) in [7, 11) is 0. The van der Waals surface area contributed by atoms with Crippen LogP contribution in [0.1, 0.15) is 51.9 Å². The second-order valence-corrected chi connectivity index (χ2v) is 4.64. The number of hydrogen-bond donors (Lipinski definition) is 1. The van der Waals surface area contributed by atoms with Gasteiger partial charge in [-0.1, -0.05) is 38.7 Å². The van der Waals surface area contributed by atoms with Crippen molar-refractivity contribution in [2.24, 2.45) is 5.92 Å². The van der Waals surface area contributed by atoms with E-state index in [0.29, 0.717) is 5.57 Å². The fraction of sp³-hybridized carbons (Fsp3) is 0.692. The first-order valence-electron chi connectivity index (χ1n) is 6.12. The van der Waals surface area contributed by atoms with Crippen LogP contribution in [0.4, 0.5) is 0 Å². The molecule has 0 aliphatic heterocycles. The largest absolute Gasteiger partial charge is 0.292 e. The molecule has 0 spiro atoms. The van der Waals surface area contributed by atoms with Crippen molar-refractivity contribution in [2.75, 3.05) is 0 Å². The molecule has 0 saturated heterocycles. The second kappa shape index (κ2) is 6.46. The van der Waals surface area contributed by atoms with Gasteiger partial charge in [-0.2, -0.15) is 0 Å². The van der Waals surface area contributed by atoms with Crippen LogP contribution in [0.15, 0.2) is 12.2 Å². The highest BCUT2D eigenvalue weighted by Crippen LogP contribution is 2.22. The van der Waals surface area contributed by atoms with Crippen LogP contribution in [0.2, 0.25) is 0 Å². The Labute approximate surface area is 97.3 Å². The zero-order valence-corrected chi connectivity index (χ0v) is 10.1. The van der Waals surface area contributed by atoms with Crippen LogP contribution in [0.5, 0.6) is 0 Å². The topological polar surface area (TPSA) is 46.2 Å². The summed E-state index contributed by atoms with van der Waals surface area (Å²) in [4.78, 5) is 23.1. The maximum absolute atomic E-state index is 11.8. The lowest BCUT2D eigenvalue weighted by molar-refractivity contribution is -0.131. The predicted octanol–water partition coefficient (Wildman–Crippen LogP) is 2.57. The molecule has 1 aliphatic carbocycles. The molecule has 3 heteroatoms. The summed E-state index contributed by atoms with van der Waals surface area (Å²) in [5, 5.41) is 2.42. The molecule has 1 fully saturated rings. The van der Waals surface area contributed by atoms with Crippen LogP contribution in [-0.2, 0) is 9.59 Å². The lowest BCUT2D eigenvalue weighted by Gasteiger charge is -2.18. The Morgan fingerprint density at radius 3 is 2.06 bits per heavy atom. The van der Waals surface area contributed by atoms with Gasteiger partial charge in [0, 0.05) is 11.5 Å². The molecule has 0 radical (unpaired) electrons. The highest BCUT2D eigenvalue weighted by atomic mass is 16.2. The Balaban J connectivity index is 2.44. The minimum atomic E-state index is -0.341. The standard InChI is InChI=1S/C13H21NO2/c1-10(2)12(15)14-13(16)11-8-6-4-3-5-7-9-11/h11H,1,3-9H2,2H3,(H,14,15,16). The summed E-state index contributed by atoms with van der Waals surface area (Å²) < 4.78 is 0. The second-order valence-electron chi connectivity index (χ2n) is 4.64. The van der Waals surface area contributed by atoms with Gasteiger partial charge in [-0.15, -0.1) is 0 Å². The Morgan fingerprint density at radius 2 is 1.56 bits per heavy atom. The van der Waals surface area contributed by atoms with Crippen molar-refractivity contribution in [1.29, 1.82) is 0 Å². The molecule has 1 aliphatic rings. The molecule has 3 nitrogen and oxygen atoms in total. The van der Waals surface area contributed by atoms with Crippen LogP contribution in [0.3, 0.4) is 0 Å². The van der Waals surface area contributed by atoms with E-state index in [1.165, 1.54) is 19.3 Å². The highest BCUT2D eigenvalue weighted by molar-refractivity contribution is 6.04. The van der Waals surface area contributed by atoms with E-state index in [1.807, 2.05) is 0 Å². The van der Waals surface area contributed by atoms with E-state index in [0.717, 1.165) is 25.7 Å². The molecule has 0 aromatic carbocycles. The van der Waals surface area contributed by atoms with E-state index in [-0.39, 0.29) is 17.7 Å². The van der Waals surface area contributed by atoms with E-state index in [4.69, 9.17) is 0 Å². The molecule has 2 amide bonds. The third kappa shape index (κ3) is 4.17. The first-order chi connectivity index (χ1) is 7.61. The number of rotatable bonds is 2. The number of hydrogen-bond acceptors (Lipinski definition) is 2. The molecule has 1 rings (SSSR count). The van der Waals surface area contributed by atoms with Gasteiger partial charge in [0.25, 0.3) is 5.91 Å². The van der Waals surface area contributed by atoms with E-state index < -0.39 is 0 Å². The Bertz CT molecular complexity index is 276. The summed E-state index contributed by atoms with van der Waals surface area (Å²) >= 11 is 0. The van der Waals surface area contributed by atoms with Gasteiger partial charge in [0.2, 0.25) is 5.91 Å². The summed E-state index contributed by atoms with van der Waals surface area (Å²) in [5.74, 6) is -0.439. The molecule has 0 aromatic rings. The monoisotopic (exact) mass is 223 g/mol. The van der Waals surface area contributed by atoms with Gasteiger partial charge < -0.3 is 0 Å². The summed E-state index contributed by atoms with van der Waals surface area (Å²) in [5.41, 5.74) is 0.388. The fourth-order valence-corrected chi connectivity index (χ4v) is 2.04. The third-order valence-electron chi connectivity index (χ3n) is 3.10. The van der Waals surface area contributed by atoms with Crippen molar-refractivity contribution in [3.63, 3.8) is 0 Å². The molecule has 90 valence electrons. The lowest BCUT2D eigenvalue weighted by Crippen LogP contribution is -2.36. The van der Waals surface area contributed by atoms with Gasteiger partial charge in [0.05, 0.1) is 0 Å². The summed E-state index contributed by atoms with van der Waals surface area (Å²) in [6.45, 7) is 5.13. The SMILES string of the molecule is C=C(C)C(=O)NC(=O)C1CCCCCCC1. The molecule has 1 N–H and O–H groups in total. The molecule has 0 unspecified atom stereocenters. The zero-order chi connectivity index (χ0) is 12.0. The van der Waals surface area contributed by atoms with Crippen molar-refractivity contribution in [1.82, 2.24) is 5.32 Å². The van der Waals surface area contributed by atoms with Gasteiger partial charge in [-0.25, -0.2) is 0 Å². The van der Waals surface area contributed by atoms with Crippen LogP contribution < -0.4 is 5.32 Å². The van der Waals surface area contributed by atoms with Gasteiger partial charge >= 0.3 is 0 Å². The minimum absolute atomic E-state index is 0.0172. The Hall–Kier alpha value is -1.12. The fourth-order valence-electron chi connectivity index (χ4n) is 2.04. The molecule has 0 aromatic heterocycles. The summed E-state index contributed by atoms with van der Waals surface area (Å²) in [6, 6.07) is 0. The quantitative estimate of drug-likeness (QED) is 0.731. The first-order valence-corrected chi connectivity index (χ1v) is 6.12. The zero-order valence-electron chi connectivity index (χ0n) is 10.1. The molecule has 0 atom stereocenters. The van der Waals surface area contributed by atoms with Crippen molar-refractivity contribution < 1.29 is 9.59 Å². The van der Waals surface area contributed by atoms with E-state index >= 15 is 0 Å². The van der Waals surface area contributed by atoms with Crippen molar-refractivity contribution in [2.45, 2.75) is 51.9 Å². The van der Waals surface area contributed by atoms with Gasteiger partial charge in [0.1, 0.15) is 0 Å². The van der Waals surface area contributed by atoms with E-state index in [1.54, 1.807) is 6.92 Å². The molecule has 0 heterocycles. The molecule has 0 bridgehead atoms. The minimum Gasteiger partial charge on any atom is -0.292 e. The lowest BCUT2D eigenvalue weighted by atomic mass is 9.90. The number of imide groups is 1. The molecular weight excluding hydrogens is 202 g/mol. The van der Waals surface area contributed by atoms with Gasteiger partial charge in [0.15, 0.2) is 0 Å². The Morgan fingerprint density at radius 1 is 1.06 bits per heavy atom. The van der Waals surface area contributed by atoms with Crippen LogP contribution >= 0.6 is 0 Å². The average Bonchev–Trinajstić information content (AvgIpc) is 2.16. The number of carbonyl (C=O) groups excluding carboxylic acids is 2. The molecule has 16 heavy (non-hydrogen) atoms. The van der Waals surface area contributed by atoms with E-state index in [9.17, 15) is 9.59 Å². The summed E-state index contributed by atoms with van der Waals surface area (Å²) in [6.07, 6.45) is 7.71. The first kappa shape index (κ1) is 12.9. The average molecular weight is 223 g/mol. The van der Waals surface area contributed by atoms with Crippen LogP contribution in [0, 0.1) is 5.92 Å². The number of carbonyl (C=O) groups is 2. The van der Waals surface area contributed by atoms with Crippen molar-refractivity contribution in [3.8, 4) is 0 Å². The van der Waals surface area contributed by atoms with Gasteiger partial charge in [-0.05, 0) is 19.8 Å². The van der Waals surface area contributed by atoms with Crippen LogP contribution in [0.25, 0.3) is 0 Å². The van der Waals surface area contributed by atoms with Crippen LogP contribution in [-0.4, -0.2) is 11.8 Å². The number of nitrogens with one attached hydrogen (secondary N) is 1. The highest BCUT2D eigenvalue weighted by Gasteiger charge is 2.20.